The number of rotatable bonds is 8. The molecule has 0 aliphatic carbocycles. The molecule has 0 aliphatic rings. The zero-order chi connectivity index (χ0) is 15.2. The van der Waals surface area contributed by atoms with Crippen LogP contribution in [0.25, 0.3) is 0 Å². The van der Waals surface area contributed by atoms with Crippen molar-refractivity contribution in [1.82, 2.24) is 5.32 Å². The van der Waals surface area contributed by atoms with Crippen molar-refractivity contribution in [2.45, 2.75) is 45.6 Å². The van der Waals surface area contributed by atoms with Gasteiger partial charge in [0.15, 0.2) is 0 Å². The van der Waals surface area contributed by atoms with Crippen LogP contribution in [-0.4, -0.2) is 30.3 Å². The molecule has 4 heteroatoms. The molecule has 0 fully saturated rings. The van der Waals surface area contributed by atoms with Crippen LogP contribution in [0.4, 0.5) is 0 Å². The molecule has 0 amide bonds. The molecule has 0 saturated heterocycles. The highest BCUT2D eigenvalue weighted by Crippen LogP contribution is 2.20. The second kappa shape index (κ2) is 7.29. The van der Waals surface area contributed by atoms with Crippen LogP contribution in [0.5, 0.6) is 5.75 Å². The van der Waals surface area contributed by atoms with Crippen molar-refractivity contribution in [2.75, 3.05) is 13.7 Å². The Bertz CT molecular complexity index is 433. The average molecular weight is 279 g/mol. The smallest absolute Gasteiger partial charge is 0.323 e. The number of likely N-dealkylation sites (N-methyl/N-ethyl adjacent to an activating group) is 1. The molecule has 0 spiro atoms. The molecule has 1 aromatic carbocycles. The number of carbonyl (C=O) groups is 1. The van der Waals surface area contributed by atoms with Crippen molar-refractivity contribution in [3.05, 3.63) is 29.3 Å². The Hall–Kier alpha value is -1.55. The number of hydrogen-bond acceptors (Lipinski definition) is 3. The number of aryl methyl sites for hydroxylation is 2. The summed E-state index contributed by atoms with van der Waals surface area (Å²) < 4.78 is 5.71. The van der Waals surface area contributed by atoms with Gasteiger partial charge in [0.25, 0.3) is 0 Å². The molecule has 0 aliphatic heterocycles. The number of carboxylic acids is 1. The first-order chi connectivity index (χ1) is 9.43. The zero-order valence-electron chi connectivity index (χ0n) is 12.8. The van der Waals surface area contributed by atoms with Crippen molar-refractivity contribution in [1.29, 1.82) is 0 Å². The first-order valence-corrected chi connectivity index (χ1v) is 7.07. The third-order valence-corrected chi connectivity index (χ3v) is 3.70. The Morgan fingerprint density at radius 2 is 1.90 bits per heavy atom. The summed E-state index contributed by atoms with van der Waals surface area (Å²) in [6.07, 6.45) is 1.82. The van der Waals surface area contributed by atoms with Gasteiger partial charge in [-0.1, -0.05) is 13.0 Å². The molecule has 20 heavy (non-hydrogen) atoms. The van der Waals surface area contributed by atoms with Crippen LogP contribution < -0.4 is 10.1 Å². The van der Waals surface area contributed by atoms with Crippen LogP contribution in [-0.2, 0) is 4.79 Å². The van der Waals surface area contributed by atoms with E-state index in [1.807, 2.05) is 32.9 Å². The predicted octanol–water partition coefficient (Wildman–Crippen LogP) is 2.92. The van der Waals surface area contributed by atoms with Gasteiger partial charge in [-0.25, -0.2) is 0 Å². The Morgan fingerprint density at radius 1 is 1.30 bits per heavy atom. The van der Waals surface area contributed by atoms with Crippen molar-refractivity contribution in [3.8, 4) is 5.75 Å². The molecule has 112 valence electrons. The fourth-order valence-corrected chi connectivity index (χ4v) is 2.42. The van der Waals surface area contributed by atoms with Crippen molar-refractivity contribution < 1.29 is 14.6 Å². The van der Waals surface area contributed by atoms with Gasteiger partial charge in [-0.2, -0.15) is 0 Å². The third kappa shape index (κ3) is 4.23. The lowest BCUT2D eigenvalue weighted by Gasteiger charge is -2.27. The molecular formula is C16H25NO3. The molecule has 0 saturated carbocycles. The Kier molecular flexibility index (Phi) is 6.02. The molecule has 1 atom stereocenters. The molecular weight excluding hydrogens is 254 g/mol. The summed E-state index contributed by atoms with van der Waals surface area (Å²) in [5.41, 5.74) is 1.50. The van der Waals surface area contributed by atoms with Crippen molar-refractivity contribution >= 4 is 5.97 Å². The third-order valence-electron chi connectivity index (χ3n) is 3.70. The maximum atomic E-state index is 11.3. The second-order valence-electron chi connectivity index (χ2n) is 5.27. The van der Waals surface area contributed by atoms with Crippen molar-refractivity contribution in [2.24, 2.45) is 0 Å². The molecule has 4 nitrogen and oxygen atoms in total. The first kappa shape index (κ1) is 16.5. The summed E-state index contributed by atoms with van der Waals surface area (Å²) >= 11 is 0. The lowest BCUT2D eigenvalue weighted by atomic mass is 9.91. The lowest BCUT2D eigenvalue weighted by molar-refractivity contribution is -0.145. The summed E-state index contributed by atoms with van der Waals surface area (Å²) in [7, 11) is 1.70. The quantitative estimate of drug-likeness (QED) is 0.718. The summed E-state index contributed by atoms with van der Waals surface area (Å²) in [6, 6.07) is 6.09. The summed E-state index contributed by atoms with van der Waals surface area (Å²) in [5.74, 6) is 0.0540. The van der Waals surface area contributed by atoms with E-state index in [-0.39, 0.29) is 0 Å². The fourth-order valence-electron chi connectivity index (χ4n) is 2.42. The van der Waals surface area contributed by atoms with Gasteiger partial charge in [0, 0.05) is 0 Å². The van der Waals surface area contributed by atoms with E-state index in [2.05, 4.69) is 11.4 Å². The largest absolute Gasteiger partial charge is 0.494 e. The highest BCUT2D eigenvalue weighted by atomic mass is 16.5. The average Bonchev–Trinajstić information content (AvgIpc) is 2.38. The van der Waals surface area contributed by atoms with Gasteiger partial charge in [-0.15, -0.1) is 0 Å². The number of aliphatic carboxylic acids is 1. The minimum atomic E-state index is -0.841. The molecule has 1 aromatic rings. The number of benzene rings is 1. The van der Waals surface area contributed by atoms with E-state index in [1.54, 1.807) is 7.05 Å². The van der Waals surface area contributed by atoms with Crippen LogP contribution in [0.2, 0.25) is 0 Å². The van der Waals surface area contributed by atoms with Gasteiger partial charge in [-0.05, 0) is 63.4 Å². The first-order valence-electron chi connectivity index (χ1n) is 7.07. The van der Waals surface area contributed by atoms with Gasteiger partial charge in [0.1, 0.15) is 11.3 Å². The van der Waals surface area contributed by atoms with Gasteiger partial charge in [0.05, 0.1) is 6.61 Å². The van der Waals surface area contributed by atoms with Crippen LogP contribution in [0.3, 0.4) is 0 Å². The van der Waals surface area contributed by atoms with Crippen LogP contribution in [0.1, 0.15) is 37.3 Å². The van der Waals surface area contributed by atoms with E-state index in [0.29, 0.717) is 25.9 Å². The topological polar surface area (TPSA) is 58.6 Å². The maximum absolute atomic E-state index is 11.3. The number of nitrogens with one attached hydrogen (secondary N) is 1. The van der Waals surface area contributed by atoms with E-state index in [1.165, 1.54) is 11.1 Å². The standard InChI is InChI=1S/C16H25NO3/c1-5-16(17-4,15(18)19)7-6-8-20-14-10-12(2)9-13(3)11-14/h9-11,17H,5-8H2,1-4H3,(H,18,19). The van der Waals surface area contributed by atoms with Crippen LogP contribution in [0, 0.1) is 13.8 Å². The molecule has 0 radical (unpaired) electrons. The number of ether oxygens (including phenoxy) is 1. The minimum Gasteiger partial charge on any atom is -0.494 e. The highest BCUT2D eigenvalue weighted by Gasteiger charge is 2.34. The fraction of sp³-hybridized carbons (Fsp3) is 0.562. The van der Waals surface area contributed by atoms with E-state index in [0.717, 1.165) is 5.75 Å². The van der Waals surface area contributed by atoms with Gasteiger partial charge in [0.2, 0.25) is 0 Å². The monoisotopic (exact) mass is 279 g/mol. The van der Waals surface area contributed by atoms with E-state index < -0.39 is 11.5 Å². The molecule has 0 aromatic heterocycles. The molecule has 2 N–H and O–H groups in total. The Morgan fingerprint density at radius 3 is 2.35 bits per heavy atom. The Labute approximate surface area is 121 Å². The summed E-state index contributed by atoms with van der Waals surface area (Å²) in [4.78, 5) is 11.3. The number of hydrogen-bond donors (Lipinski definition) is 2. The predicted molar refractivity (Wildman–Crippen MR) is 80.4 cm³/mol. The SMILES string of the molecule is CCC(CCCOc1cc(C)cc(C)c1)(NC)C(=O)O. The number of carboxylic acid groups (broad SMARTS) is 1. The van der Waals surface area contributed by atoms with E-state index >= 15 is 0 Å². The second-order valence-corrected chi connectivity index (χ2v) is 5.27. The van der Waals surface area contributed by atoms with Gasteiger partial charge >= 0.3 is 5.97 Å². The lowest BCUT2D eigenvalue weighted by Crippen LogP contribution is -2.50. The molecule has 1 unspecified atom stereocenters. The summed E-state index contributed by atoms with van der Waals surface area (Å²) in [6.45, 7) is 6.48. The zero-order valence-corrected chi connectivity index (χ0v) is 12.8. The summed E-state index contributed by atoms with van der Waals surface area (Å²) in [5, 5.41) is 12.2. The van der Waals surface area contributed by atoms with Gasteiger partial charge < -0.3 is 15.2 Å². The van der Waals surface area contributed by atoms with Crippen molar-refractivity contribution in [3.63, 3.8) is 0 Å². The molecule has 0 heterocycles. The van der Waals surface area contributed by atoms with Crippen LogP contribution in [0.15, 0.2) is 18.2 Å². The van der Waals surface area contributed by atoms with Crippen LogP contribution >= 0.6 is 0 Å². The molecule has 0 bridgehead atoms. The molecule has 1 rings (SSSR count). The highest BCUT2D eigenvalue weighted by molar-refractivity contribution is 5.78. The van der Waals surface area contributed by atoms with E-state index in [4.69, 9.17) is 4.74 Å². The maximum Gasteiger partial charge on any atom is 0.323 e. The minimum absolute atomic E-state index is 0.527. The van der Waals surface area contributed by atoms with Gasteiger partial charge in [-0.3, -0.25) is 4.79 Å². The van der Waals surface area contributed by atoms with E-state index in [9.17, 15) is 9.90 Å². The normalized spacial score (nSPS) is 13.8. The Balaban J connectivity index is 2.50.